The minimum Gasteiger partial charge on any atom is -0.392 e. The molecule has 2 aliphatic carbocycles. The molecule has 0 aromatic rings. The molecule has 15 heavy (non-hydrogen) atoms. The molecule has 2 aliphatic rings. The summed E-state index contributed by atoms with van der Waals surface area (Å²) in [4.78, 5) is 0. The van der Waals surface area contributed by atoms with Gasteiger partial charge in [0.1, 0.15) is 0 Å². The van der Waals surface area contributed by atoms with Crippen LogP contribution in [0.1, 0.15) is 44.9 Å². The Morgan fingerprint density at radius 1 is 1.07 bits per heavy atom. The second-order valence-electron chi connectivity index (χ2n) is 4.98. The van der Waals surface area contributed by atoms with Crippen LogP contribution in [-0.4, -0.2) is 34.8 Å². The van der Waals surface area contributed by atoms with Crippen LogP contribution in [0.2, 0.25) is 0 Å². The van der Waals surface area contributed by atoms with E-state index in [4.69, 9.17) is 0 Å². The highest BCUT2D eigenvalue weighted by Gasteiger charge is 2.29. The molecule has 88 valence electrons. The number of aliphatic hydroxyl groups is 1. The minimum atomic E-state index is -0.0803. The van der Waals surface area contributed by atoms with E-state index in [0.717, 1.165) is 11.7 Å². The highest BCUT2D eigenvalue weighted by molar-refractivity contribution is 7.99. The molecule has 0 heterocycles. The van der Waals surface area contributed by atoms with Crippen molar-refractivity contribution in [1.82, 2.24) is 5.32 Å². The van der Waals surface area contributed by atoms with Crippen molar-refractivity contribution in [1.29, 1.82) is 0 Å². The van der Waals surface area contributed by atoms with E-state index < -0.39 is 0 Å². The molecule has 0 saturated heterocycles. The third-order valence-electron chi connectivity index (χ3n) is 3.94. The van der Waals surface area contributed by atoms with E-state index in [-0.39, 0.29) is 6.10 Å². The van der Waals surface area contributed by atoms with E-state index in [0.29, 0.717) is 12.1 Å². The van der Waals surface area contributed by atoms with Gasteiger partial charge in [0, 0.05) is 17.3 Å². The number of thioether (sulfide) groups is 1. The summed E-state index contributed by atoms with van der Waals surface area (Å²) in [5.41, 5.74) is 0. The normalized spacial score (nSPS) is 42.0. The molecule has 2 saturated carbocycles. The first kappa shape index (κ1) is 11.7. The zero-order valence-corrected chi connectivity index (χ0v) is 10.4. The lowest BCUT2D eigenvalue weighted by atomic mass is 9.94. The fourth-order valence-corrected chi connectivity index (χ4v) is 3.65. The van der Waals surface area contributed by atoms with Gasteiger partial charge in [-0.15, -0.1) is 0 Å². The summed E-state index contributed by atoms with van der Waals surface area (Å²) < 4.78 is 0. The molecule has 3 heteroatoms. The molecule has 2 unspecified atom stereocenters. The number of hydrogen-bond donors (Lipinski definition) is 2. The third-order valence-corrected chi connectivity index (χ3v) is 5.07. The number of aliphatic hydroxyl groups excluding tert-OH is 1. The molecule has 0 aromatic carbocycles. The maximum Gasteiger partial charge on any atom is 0.0693 e. The predicted octanol–water partition coefficient (Wildman–Crippen LogP) is 2.16. The summed E-state index contributed by atoms with van der Waals surface area (Å²) >= 11 is 2.01. The van der Waals surface area contributed by atoms with Gasteiger partial charge < -0.3 is 10.4 Å². The summed E-state index contributed by atoms with van der Waals surface area (Å²) in [6, 6.07) is 1.06. The maximum atomic E-state index is 9.75. The van der Waals surface area contributed by atoms with Crippen molar-refractivity contribution >= 4 is 11.8 Å². The topological polar surface area (TPSA) is 32.3 Å². The minimum absolute atomic E-state index is 0.0803. The average Bonchev–Trinajstić information content (AvgIpc) is 2.66. The first-order valence-electron chi connectivity index (χ1n) is 6.26. The third kappa shape index (κ3) is 3.11. The monoisotopic (exact) mass is 229 g/mol. The Balaban J connectivity index is 1.72. The fourth-order valence-electron chi connectivity index (χ4n) is 2.90. The molecule has 0 bridgehead atoms. The molecule has 2 N–H and O–H groups in total. The molecular weight excluding hydrogens is 206 g/mol. The lowest BCUT2D eigenvalue weighted by Gasteiger charge is -2.31. The van der Waals surface area contributed by atoms with Crippen molar-refractivity contribution in [2.45, 2.75) is 68.4 Å². The summed E-state index contributed by atoms with van der Waals surface area (Å²) in [5, 5.41) is 14.3. The van der Waals surface area contributed by atoms with Crippen molar-refractivity contribution in [3.63, 3.8) is 0 Å². The van der Waals surface area contributed by atoms with Crippen LogP contribution in [-0.2, 0) is 0 Å². The Bertz CT molecular complexity index is 192. The zero-order valence-electron chi connectivity index (χ0n) is 9.61. The van der Waals surface area contributed by atoms with Crippen LogP contribution in [0, 0.1) is 0 Å². The van der Waals surface area contributed by atoms with Crippen molar-refractivity contribution < 1.29 is 5.11 Å². The van der Waals surface area contributed by atoms with Gasteiger partial charge in [-0.3, -0.25) is 0 Å². The molecule has 2 rings (SSSR count). The van der Waals surface area contributed by atoms with E-state index in [1.165, 1.54) is 38.5 Å². The Labute approximate surface area is 97.2 Å². The lowest BCUT2D eigenvalue weighted by Crippen LogP contribution is -2.44. The summed E-state index contributed by atoms with van der Waals surface area (Å²) in [6.07, 6.45) is 10.8. The van der Waals surface area contributed by atoms with Crippen LogP contribution >= 0.6 is 11.8 Å². The van der Waals surface area contributed by atoms with Gasteiger partial charge in [0.25, 0.3) is 0 Å². The van der Waals surface area contributed by atoms with Gasteiger partial charge in [-0.1, -0.05) is 0 Å². The highest BCUT2D eigenvalue weighted by Crippen LogP contribution is 2.28. The quantitative estimate of drug-likeness (QED) is 0.778. The summed E-state index contributed by atoms with van der Waals surface area (Å²) in [6.45, 7) is 0. The molecular formula is C12H23NOS. The smallest absolute Gasteiger partial charge is 0.0693 e. The second kappa shape index (κ2) is 5.55. The average molecular weight is 229 g/mol. The van der Waals surface area contributed by atoms with Crippen LogP contribution in [0.15, 0.2) is 0 Å². The summed E-state index contributed by atoms with van der Waals surface area (Å²) in [7, 11) is 0. The second-order valence-corrected chi connectivity index (χ2v) is 6.12. The van der Waals surface area contributed by atoms with E-state index in [1.807, 2.05) is 11.8 Å². The predicted molar refractivity (Wildman–Crippen MR) is 66.3 cm³/mol. The van der Waals surface area contributed by atoms with Gasteiger partial charge in [0.15, 0.2) is 0 Å². The van der Waals surface area contributed by atoms with E-state index in [9.17, 15) is 5.11 Å². The van der Waals surface area contributed by atoms with Crippen molar-refractivity contribution in [2.24, 2.45) is 0 Å². The van der Waals surface area contributed by atoms with Crippen molar-refractivity contribution in [2.75, 3.05) is 6.26 Å². The molecule has 0 radical (unpaired) electrons. The van der Waals surface area contributed by atoms with Crippen molar-refractivity contribution in [3.05, 3.63) is 0 Å². The standard InChI is InChI=1S/C12H23NOS/c1-15-10-7-5-9(6-8-10)13-11-3-2-4-12(11)14/h9-14H,2-8H2,1H3. The largest absolute Gasteiger partial charge is 0.392 e. The van der Waals surface area contributed by atoms with E-state index in [2.05, 4.69) is 11.6 Å². The molecule has 0 aliphatic heterocycles. The lowest BCUT2D eigenvalue weighted by molar-refractivity contribution is 0.138. The van der Waals surface area contributed by atoms with Gasteiger partial charge in [-0.2, -0.15) is 11.8 Å². The molecule has 2 fully saturated rings. The van der Waals surface area contributed by atoms with Crippen LogP contribution < -0.4 is 5.32 Å². The van der Waals surface area contributed by atoms with Crippen LogP contribution in [0.5, 0.6) is 0 Å². The Morgan fingerprint density at radius 2 is 1.80 bits per heavy atom. The summed E-state index contributed by atoms with van der Waals surface area (Å²) in [5.74, 6) is 0. The van der Waals surface area contributed by atoms with E-state index >= 15 is 0 Å². The number of rotatable bonds is 3. The van der Waals surface area contributed by atoms with E-state index in [1.54, 1.807) is 0 Å². The van der Waals surface area contributed by atoms with Gasteiger partial charge in [-0.05, 0) is 51.2 Å². The van der Waals surface area contributed by atoms with Crippen molar-refractivity contribution in [3.8, 4) is 0 Å². The van der Waals surface area contributed by atoms with Gasteiger partial charge in [0.2, 0.25) is 0 Å². The Hall–Kier alpha value is 0.270. The first-order valence-corrected chi connectivity index (χ1v) is 7.55. The zero-order chi connectivity index (χ0) is 10.7. The Morgan fingerprint density at radius 3 is 2.33 bits per heavy atom. The molecule has 0 amide bonds. The molecule has 2 atom stereocenters. The fraction of sp³-hybridized carbons (Fsp3) is 1.00. The SMILES string of the molecule is CSC1CCC(NC2CCCC2O)CC1. The molecule has 2 nitrogen and oxygen atoms in total. The Kier molecular flexibility index (Phi) is 4.35. The van der Waals surface area contributed by atoms with Gasteiger partial charge in [0.05, 0.1) is 6.10 Å². The van der Waals surface area contributed by atoms with Crippen LogP contribution in [0.25, 0.3) is 0 Å². The van der Waals surface area contributed by atoms with Crippen LogP contribution in [0.4, 0.5) is 0 Å². The maximum absolute atomic E-state index is 9.75. The molecule has 0 aromatic heterocycles. The first-order chi connectivity index (χ1) is 7.29. The van der Waals surface area contributed by atoms with Gasteiger partial charge >= 0.3 is 0 Å². The number of hydrogen-bond acceptors (Lipinski definition) is 3. The van der Waals surface area contributed by atoms with Gasteiger partial charge in [-0.25, -0.2) is 0 Å². The van der Waals surface area contributed by atoms with Crippen LogP contribution in [0.3, 0.4) is 0 Å². The molecule has 0 spiro atoms. The highest BCUT2D eigenvalue weighted by atomic mass is 32.2. The number of nitrogens with one attached hydrogen (secondary N) is 1.